The molecule has 2 rings (SSSR count). The van der Waals surface area contributed by atoms with Crippen molar-refractivity contribution in [2.24, 2.45) is 0 Å². The summed E-state index contributed by atoms with van der Waals surface area (Å²) in [6.45, 7) is 5.00. The molecular formula is C9H18N2O2. The van der Waals surface area contributed by atoms with E-state index in [9.17, 15) is 0 Å². The maximum absolute atomic E-state index is 5.33. The highest BCUT2D eigenvalue weighted by Gasteiger charge is 2.27. The Labute approximate surface area is 79.0 Å². The molecule has 4 nitrogen and oxygen atoms in total. The molecule has 0 aromatic heterocycles. The van der Waals surface area contributed by atoms with Crippen molar-refractivity contribution in [2.75, 3.05) is 19.6 Å². The largest absolute Gasteiger partial charge is 0.323 e. The Morgan fingerprint density at radius 2 is 2.00 bits per heavy atom. The van der Waals surface area contributed by atoms with Gasteiger partial charge in [0.1, 0.15) is 0 Å². The summed E-state index contributed by atoms with van der Waals surface area (Å²) in [5.41, 5.74) is 0. The Kier molecular flexibility index (Phi) is 3.16. The molecule has 0 amide bonds. The fourth-order valence-corrected chi connectivity index (χ4v) is 1.82. The lowest BCUT2D eigenvalue weighted by Crippen LogP contribution is -2.49. The molecule has 2 fully saturated rings. The van der Waals surface area contributed by atoms with Crippen molar-refractivity contribution in [3.63, 3.8) is 0 Å². The van der Waals surface area contributed by atoms with E-state index in [0.717, 1.165) is 19.6 Å². The van der Waals surface area contributed by atoms with Gasteiger partial charge in [0, 0.05) is 12.6 Å². The van der Waals surface area contributed by atoms with Crippen LogP contribution < -0.4 is 10.6 Å². The van der Waals surface area contributed by atoms with Gasteiger partial charge in [-0.25, -0.2) is 0 Å². The second-order valence-electron chi connectivity index (χ2n) is 3.70. The van der Waals surface area contributed by atoms with E-state index in [-0.39, 0.29) is 12.6 Å². The van der Waals surface area contributed by atoms with Gasteiger partial charge in [0.2, 0.25) is 0 Å². The van der Waals surface area contributed by atoms with E-state index >= 15 is 0 Å². The second kappa shape index (κ2) is 4.37. The Balaban J connectivity index is 1.56. The molecule has 4 heteroatoms. The number of ether oxygens (including phenoxy) is 2. The molecule has 0 atom stereocenters. The zero-order valence-electron chi connectivity index (χ0n) is 8.08. The van der Waals surface area contributed by atoms with Crippen molar-refractivity contribution in [2.45, 2.75) is 38.4 Å². The zero-order chi connectivity index (χ0) is 9.10. The van der Waals surface area contributed by atoms with E-state index in [4.69, 9.17) is 9.47 Å². The van der Waals surface area contributed by atoms with Crippen molar-refractivity contribution in [3.05, 3.63) is 0 Å². The van der Waals surface area contributed by atoms with E-state index in [1.807, 2.05) is 6.92 Å². The molecule has 2 heterocycles. The van der Waals surface area contributed by atoms with Crippen LogP contribution in [0.2, 0.25) is 0 Å². The first-order valence-corrected chi connectivity index (χ1v) is 5.09. The summed E-state index contributed by atoms with van der Waals surface area (Å²) in [5.74, 6) is 0. The molecule has 2 saturated heterocycles. The zero-order valence-corrected chi connectivity index (χ0v) is 8.08. The number of hydrogen-bond donors (Lipinski definition) is 2. The molecule has 76 valence electrons. The van der Waals surface area contributed by atoms with Gasteiger partial charge in [-0.3, -0.25) is 0 Å². The van der Waals surface area contributed by atoms with Gasteiger partial charge in [0.15, 0.2) is 12.6 Å². The normalized spacial score (nSPS) is 35.8. The highest BCUT2D eigenvalue weighted by molar-refractivity contribution is 4.75. The maximum atomic E-state index is 5.33. The van der Waals surface area contributed by atoms with Crippen LogP contribution in [0.25, 0.3) is 0 Å². The summed E-state index contributed by atoms with van der Waals surface area (Å²) in [6.07, 6.45) is 2.41. The molecular weight excluding hydrogens is 168 g/mol. The average molecular weight is 186 g/mol. The number of rotatable bonds is 3. The average Bonchev–Trinajstić information content (AvgIpc) is 2.12. The summed E-state index contributed by atoms with van der Waals surface area (Å²) in [5, 5.41) is 6.79. The number of piperidine rings is 1. The van der Waals surface area contributed by atoms with E-state index in [0.29, 0.717) is 6.04 Å². The van der Waals surface area contributed by atoms with Crippen LogP contribution in [0.15, 0.2) is 0 Å². The first kappa shape index (κ1) is 9.40. The smallest absolute Gasteiger partial charge is 0.176 e. The van der Waals surface area contributed by atoms with Gasteiger partial charge in [0.05, 0.1) is 0 Å². The molecule has 2 aliphatic heterocycles. The molecule has 13 heavy (non-hydrogen) atoms. The summed E-state index contributed by atoms with van der Waals surface area (Å²) in [7, 11) is 0. The van der Waals surface area contributed by atoms with Gasteiger partial charge in [-0.05, 0) is 32.9 Å². The van der Waals surface area contributed by atoms with Crippen LogP contribution in [0.4, 0.5) is 0 Å². The first-order valence-electron chi connectivity index (χ1n) is 5.09. The van der Waals surface area contributed by atoms with Crippen LogP contribution in [0, 0.1) is 0 Å². The van der Waals surface area contributed by atoms with Gasteiger partial charge in [-0.1, -0.05) is 0 Å². The molecule has 0 aromatic rings. The second-order valence-corrected chi connectivity index (χ2v) is 3.70. The van der Waals surface area contributed by atoms with Gasteiger partial charge in [-0.15, -0.1) is 0 Å². The predicted molar refractivity (Wildman–Crippen MR) is 49.3 cm³/mol. The summed E-state index contributed by atoms with van der Waals surface area (Å²) in [4.78, 5) is 0. The van der Waals surface area contributed by atoms with Crippen molar-refractivity contribution in [1.82, 2.24) is 10.6 Å². The lowest BCUT2D eigenvalue weighted by Gasteiger charge is -2.35. The maximum Gasteiger partial charge on any atom is 0.176 e. The van der Waals surface area contributed by atoms with Crippen LogP contribution in [0.1, 0.15) is 19.8 Å². The van der Waals surface area contributed by atoms with E-state index < -0.39 is 0 Å². The third kappa shape index (κ3) is 2.64. The summed E-state index contributed by atoms with van der Waals surface area (Å²) in [6, 6.07) is 0.643. The third-order valence-corrected chi connectivity index (χ3v) is 2.60. The standard InChI is InChI=1S/C9H18N2O2/c1-7-12-9(13-7)6-11-8-2-4-10-5-3-8/h7-11H,2-6H2,1H3. The Bertz CT molecular complexity index is 154. The molecule has 0 aliphatic carbocycles. The van der Waals surface area contributed by atoms with Gasteiger partial charge < -0.3 is 20.1 Å². The van der Waals surface area contributed by atoms with Gasteiger partial charge in [0.25, 0.3) is 0 Å². The van der Waals surface area contributed by atoms with Crippen LogP contribution in [0.3, 0.4) is 0 Å². The first-order chi connectivity index (χ1) is 6.34. The van der Waals surface area contributed by atoms with Crippen molar-refractivity contribution in [3.8, 4) is 0 Å². The molecule has 0 aromatic carbocycles. The fraction of sp³-hybridized carbons (Fsp3) is 1.00. The van der Waals surface area contributed by atoms with Crippen LogP contribution in [-0.2, 0) is 9.47 Å². The SMILES string of the molecule is CC1OC(CNC2CCNCC2)O1. The summed E-state index contributed by atoms with van der Waals surface area (Å²) < 4.78 is 10.7. The quantitative estimate of drug-likeness (QED) is 0.653. The molecule has 0 spiro atoms. The minimum absolute atomic E-state index is 0.000164. The van der Waals surface area contributed by atoms with Crippen LogP contribution in [-0.4, -0.2) is 38.3 Å². The summed E-state index contributed by atoms with van der Waals surface area (Å²) >= 11 is 0. The Hall–Kier alpha value is -0.160. The lowest BCUT2D eigenvalue weighted by molar-refractivity contribution is -0.372. The fourth-order valence-electron chi connectivity index (χ4n) is 1.82. The van der Waals surface area contributed by atoms with Gasteiger partial charge in [-0.2, -0.15) is 0 Å². The van der Waals surface area contributed by atoms with Crippen LogP contribution >= 0.6 is 0 Å². The highest BCUT2D eigenvalue weighted by atomic mass is 16.9. The monoisotopic (exact) mass is 186 g/mol. The van der Waals surface area contributed by atoms with Crippen LogP contribution in [0.5, 0.6) is 0 Å². The minimum atomic E-state index is -0.00937. The lowest BCUT2D eigenvalue weighted by atomic mass is 10.1. The Morgan fingerprint density at radius 3 is 2.62 bits per heavy atom. The minimum Gasteiger partial charge on any atom is -0.323 e. The topological polar surface area (TPSA) is 42.5 Å². The van der Waals surface area contributed by atoms with Gasteiger partial charge >= 0.3 is 0 Å². The molecule has 0 unspecified atom stereocenters. The molecule has 0 radical (unpaired) electrons. The van der Waals surface area contributed by atoms with Crippen molar-refractivity contribution in [1.29, 1.82) is 0 Å². The number of nitrogens with one attached hydrogen (secondary N) is 2. The highest BCUT2D eigenvalue weighted by Crippen LogP contribution is 2.15. The molecule has 2 N–H and O–H groups in total. The van der Waals surface area contributed by atoms with E-state index in [1.165, 1.54) is 12.8 Å². The third-order valence-electron chi connectivity index (χ3n) is 2.60. The van der Waals surface area contributed by atoms with Crippen molar-refractivity contribution >= 4 is 0 Å². The Morgan fingerprint density at radius 1 is 1.31 bits per heavy atom. The van der Waals surface area contributed by atoms with E-state index in [2.05, 4.69) is 10.6 Å². The van der Waals surface area contributed by atoms with E-state index in [1.54, 1.807) is 0 Å². The molecule has 2 aliphatic rings. The molecule has 0 saturated carbocycles. The number of hydrogen-bond acceptors (Lipinski definition) is 4. The van der Waals surface area contributed by atoms with Crippen molar-refractivity contribution < 1.29 is 9.47 Å². The predicted octanol–water partition coefficient (Wildman–Crippen LogP) is 0.0469. The molecule has 0 bridgehead atoms.